The van der Waals surface area contributed by atoms with E-state index < -0.39 is 12.1 Å². The van der Waals surface area contributed by atoms with E-state index in [1.807, 2.05) is 0 Å². The Morgan fingerprint density at radius 3 is 2.89 bits per heavy atom. The van der Waals surface area contributed by atoms with E-state index in [-0.39, 0.29) is 37.6 Å². The van der Waals surface area contributed by atoms with Crippen molar-refractivity contribution in [3.05, 3.63) is 0 Å². The Bertz CT molecular complexity index is 390. The molecule has 2 aliphatic rings. The number of aliphatic hydroxyl groups excluding tert-OH is 1. The summed E-state index contributed by atoms with van der Waals surface area (Å²) in [7, 11) is 0. The molecule has 0 spiro atoms. The molecule has 0 aromatic carbocycles. The van der Waals surface area contributed by atoms with E-state index >= 15 is 0 Å². The molecule has 0 saturated carbocycles. The minimum absolute atomic E-state index is 0.0549. The first kappa shape index (κ1) is 12.9. The summed E-state index contributed by atoms with van der Waals surface area (Å²) in [5.41, 5.74) is 0. The summed E-state index contributed by atoms with van der Waals surface area (Å²) in [5.74, 6) is 1.23. The zero-order chi connectivity index (χ0) is 13.1. The molecule has 18 heavy (non-hydrogen) atoms. The lowest BCUT2D eigenvalue weighted by molar-refractivity contribution is -0.144. The molecule has 2 N–H and O–H groups in total. The van der Waals surface area contributed by atoms with E-state index in [1.54, 1.807) is 0 Å². The summed E-state index contributed by atoms with van der Waals surface area (Å²) in [6.45, 7) is 0.0545. The van der Waals surface area contributed by atoms with Crippen molar-refractivity contribution in [2.45, 2.75) is 25.2 Å². The Hall–Kier alpha value is -1.58. The van der Waals surface area contributed by atoms with Crippen LogP contribution in [0.1, 0.15) is 12.8 Å². The molecule has 0 aliphatic carbocycles. The van der Waals surface area contributed by atoms with Crippen molar-refractivity contribution >= 4 is 11.8 Å². The molecule has 0 aromatic rings. The minimum Gasteiger partial charge on any atom is -0.394 e. The predicted molar refractivity (Wildman–Crippen MR) is 62.0 cm³/mol. The lowest BCUT2D eigenvalue weighted by atomic mass is 10.1. The first-order valence-corrected chi connectivity index (χ1v) is 5.95. The molecule has 2 heterocycles. The summed E-state index contributed by atoms with van der Waals surface area (Å²) in [5, 5.41) is 11.5. The maximum atomic E-state index is 11.9. The van der Waals surface area contributed by atoms with Crippen molar-refractivity contribution in [2.75, 3.05) is 19.7 Å². The molecule has 3 unspecified atom stereocenters. The van der Waals surface area contributed by atoms with E-state index in [0.717, 1.165) is 0 Å². The van der Waals surface area contributed by atoms with Crippen LogP contribution in [0, 0.1) is 18.3 Å². The van der Waals surface area contributed by atoms with Gasteiger partial charge < -0.3 is 20.1 Å². The quantitative estimate of drug-likeness (QED) is 0.598. The second-order valence-corrected chi connectivity index (χ2v) is 4.46. The molecule has 2 amide bonds. The number of ether oxygens (including phenoxy) is 1. The van der Waals surface area contributed by atoms with Gasteiger partial charge in [0.2, 0.25) is 11.8 Å². The van der Waals surface area contributed by atoms with Gasteiger partial charge >= 0.3 is 0 Å². The largest absolute Gasteiger partial charge is 0.394 e. The van der Waals surface area contributed by atoms with Crippen LogP contribution in [0.3, 0.4) is 0 Å². The van der Waals surface area contributed by atoms with Crippen LogP contribution >= 0.6 is 0 Å². The Labute approximate surface area is 105 Å². The fourth-order valence-electron chi connectivity index (χ4n) is 2.23. The molecule has 0 radical (unpaired) electrons. The molecule has 2 aliphatic heterocycles. The molecule has 3 atom stereocenters. The van der Waals surface area contributed by atoms with Crippen molar-refractivity contribution in [3.8, 4) is 12.3 Å². The number of hydrogen-bond acceptors (Lipinski definition) is 4. The molecule has 0 aromatic heterocycles. The zero-order valence-electron chi connectivity index (χ0n) is 9.96. The summed E-state index contributed by atoms with van der Waals surface area (Å²) in [6, 6.07) is 0. The van der Waals surface area contributed by atoms with Crippen molar-refractivity contribution < 1.29 is 19.4 Å². The van der Waals surface area contributed by atoms with Gasteiger partial charge in [-0.05, 0) is 12.8 Å². The number of aliphatic hydroxyl groups is 1. The van der Waals surface area contributed by atoms with Gasteiger partial charge in [-0.15, -0.1) is 6.42 Å². The van der Waals surface area contributed by atoms with Gasteiger partial charge in [-0.25, -0.2) is 0 Å². The summed E-state index contributed by atoms with van der Waals surface area (Å²) in [6.07, 6.45) is 6.02. The Kier molecular flexibility index (Phi) is 3.84. The molecule has 2 saturated heterocycles. The van der Waals surface area contributed by atoms with Crippen LogP contribution in [0.5, 0.6) is 0 Å². The van der Waals surface area contributed by atoms with Gasteiger partial charge in [0.25, 0.3) is 0 Å². The highest BCUT2D eigenvalue weighted by Crippen LogP contribution is 2.24. The number of rotatable bonds is 2. The second-order valence-electron chi connectivity index (χ2n) is 4.46. The van der Waals surface area contributed by atoms with Crippen LogP contribution in [-0.4, -0.2) is 53.8 Å². The van der Waals surface area contributed by atoms with E-state index in [4.69, 9.17) is 16.3 Å². The summed E-state index contributed by atoms with van der Waals surface area (Å²) in [4.78, 5) is 25.0. The predicted octanol–water partition coefficient (Wildman–Crippen LogP) is -1.31. The number of carbonyl (C=O) groups is 2. The normalized spacial score (nSPS) is 32.9. The van der Waals surface area contributed by atoms with Gasteiger partial charge in [0, 0.05) is 6.54 Å². The molecule has 0 bridgehead atoms. The molecular formula is C12H16N2O4. The fraction of sp³-hybridized carbons (Fsp3) is 0.667. The highest BCUT2D eigenvalue weighted by atomic mass is 16.5. The van der Waals surface area contributed by atoms with Crippen LogP contribution in [0.2, 0.25) is 0 Å². The van der Waals surface area contributed by atoms with E-state index in [0.29, 0.717) is 12.8 Å². The van der Waals surface area contributed by atoms with Crippen molar-refractivity contribution in [1.29, 1.82) is 0 Å². The van der Waals surface area contributed by atoms with Crippen LogP contribution in [0.15, 0.2) is 0 Å². The zero-order valence-corrected chi connectivity index (χ0v) is 9.96. The molecule has 2 fully saturated rings. The van der Waals surface area contributed by atoms with Crippen LogP contribution in [0.25, 0.3) is 0 Å². The number of carbonyl (C=O) groups excluding carboxylic acids is 2. The smallest absolute Gasteiger partial charge is 0.244 e. The van der Waals surface area contributed by atoms with Gasteiger partial charge in [0.05, 0.1) is 19.3 Å². The summed E-state index contributed by atoms with van der Waals surface area (Å²) < 4.78 is 5.55. The van der Waals surface area contributed by atoms with E-state index in [9.17, 15) is 9.59 Å². The Morgan fingerprint density at radius 1 is 1.50 bits per heavy atom. The van der Waals surface area contributed by atoms with E-state index in [2.05, 4.69) is 11.2 Å². The highest BCUT2D eigenvalue weighted by Gasteiger charge is 2.36. The lowest BCUT2D eigenvalue weighted by Gasteiger charge is -2.27. The van der Waals surface area contributed by atoms with E-state index in [1.165, 1.54) is 4.90 Å². The van der Waals surface area contributed by atoms with Gasteiger partial charge in [0.15, 0.2) is 0 Å². The third-order valence-corrected chi connectivity index (χ3v) is 3.27. The molecule has 6 nitrogen and oxygen atoms in total. The third kappa shape index (κ3) is 2.47. The van der Waals surface area contributed by atoms with Crippen molar-refractivity contribution in [1.82, 2.24) is 10.2 Å². The van der Waals surface area contributed by atoms with Crippen LogP contribution in [-0.2, 0) is 14.3 Å². The molecule has 98 valence electrons. The second kappa shape index (κ2) is 5.38. The standard InChI is InChI=1S/C12H16N2O4/c1-2-8-6-14(10(16)5-13-12(8)17)11-4-3-9(7-15)18-11/h1,8-9,11,15H,3-7H2,(H,13,17). The maximum Gasteiger partial charge on any atom is 0.244 e. The highest BCUT2D eigenvalue weighted by molar-refractivity contribution is 5.90. The topological polar surface area (TPSA) is 78.9 Å². The minimum atomic E-state index is -0.645. The van der Waals surface area contributed by atoms with Crippen molar-refractivity contribution in [2.24, 2.45) is 5.92 Å². The first-order valence-electron chi connectivity index (χ1n) is 5.95. The Balaban J connectivity index is 2.08. The number of nitrogens with one attached hydrogen (secondary N) is 1. The fourth-order valence-corrected chi connectivity index (χ4v) is 2.23. The lowest BCUT2D eigenvalue weighted by Crippen LogP contribution is -2.43. The van der Waals surface area contributed by atoms with Gasteiger partial charge in [-0.2, -0.15) is 0 Å². The van der Waals surface area contributed by atoms with Gasteiger partial charge in [-0.1, -0.05) is 5.92 Å². The SMILES string of the molecule is C#CC1CN(C2CCC(CO)O2)C(=O)CNC1=O. The van der Waals surface area contributed by atoms with Gasteiger partial charge in [-0.3, -0.25) is 9.59 Å². The average Bonchev–Trinajstić information content (AvgIpc) is 2.80. The molecule has 6 heteroatoms. The van der Waals surface area contributed by atoms with Crippen molar-refractivity contribution in [3.63, 3.8) is 0 Å². The molecule has 2 rings (SSSR count). The molecular weight excluding hydrogens is 236 g/mol. The monoisotopic (exact) mass is 252 g/mol. The van der Waals surface area contributed by atoms with Gasteiger partial charge in [0.1, 0.15) is 12.1 Å². The third-order valence-electron chi connectivity index (χ3n) is 3.27. The summed E-state index contributed by atoms with van der Waals surface area (Å²) >= 11 is 0. The van der Waals surface area contributed by atoms with Crippen LogP contribution < -0.4 is 5.32 Å². The number of amides is 2. The van der Waals surface area contributed by atoms with Crippen LogP contribution in [0.4, 0.5) is 0 Å². The first-order chi connectivity index (χ1) is 8.65. The average molecular weight is 252 g/mol. The Morgan fingerprint density at radius 2 is 2.28 bits per heavy atom. The maximum absolute atomic E-state index is 11.9. The number of hydrogen-bond donors (Lipinski definition) is 2. The number of terminal acetylenes is 1. The number of nitrogens with zero attached hydrogens (tertiary/aromatic N) is 1.